The maximum atomic E-state index is 14.7. The predicted molar refractivity (Wildman–Crippen MR) is 140 cm³/mol. The first-order valence-electron chi connectivity index (χ1n) is 12.0. The zero-order chi connectivity index (χ0) is 27.2. The van der Waals surface area contributed by atoms with Crippen LogP contribution in [0, 0.1) is 5.82 Å². The molecule has 1 aromatic carbocycles. The van der Waals surface area contributed by atoms with E-state index in [1.165, 1.54) is 33.2 Å². The zero-order valence-corrected chi connectivity index (χ0v) is 21.0. The van der Waals surface area contributed by atoms with Crippen molar-refractivity contribution in [2.24, 2.45) is 16.8 Å². The minimum Gasteiger partial charge on any atom is -0.357 e. The average Bonchev–Trinajstić information content (AvgIpc) is 3.66. The minimum atomic E-state index is -0.832. The van der Waals surface area contributed by atoms with E-state index in [0.717, 1.165) is 6.20 Å². The minimum absolute atomic E-state index is 0.0355. The van der Waals surface area contributed by atoms with Crippen LogP contribution in [0.5, 0.6) is 0 Å². The number of hydrogen-bond acceptors (Lipinski definition) is 8. The molecule has 1 amide bonds. The number of ketones is 1. The number of benzene rings is 1. The van der Waals surface area contributed by atoms with Gasteiger partial charge in [-0.05, 0) is 12.1 Å². The molecule has 38 heavy (non-hydrogen) atoms. The van der Waals surface area contributed by atoms with E-state index in [-0.39, 0.29) is 35.4 Å². The van der Waals surface area contributed by atoms with Gasteiger partial charge < -0.3 is 20.6 Å². The van der Waals surface area contributed by atoms with E-state index in [1.807, 2.05) is 49.1 Å². The molecule has 4 heterocycles. The van der Waals surface area contributed by atoms with Crippen molar-refractivity contribution < 1.29 is 14.0 Å². The summed E-state index contributed by atoms with van der Waals surface area (Å²) in [5, 5.41) is 12.7. The Hall–Kier alpha value is -4.85. The molecule has 3 aromatic heterocycles. The quantitative estimate of drug-likeness (QED) is 0.0894. The van der Waals surface area contributed by atoms with E-state index in [9.17, 15) is 14.0 Å². The number of guanidine groups is 1. The normalized spacial score (nSPS) is 13.7. The predicted octanol–water partition coefficient (Wildman–Crippen LogP) is 1.25. The molecule has 0 aliphatic carbocycles. The number of H-pyrrole nitrogens is 1. The highest BCUT2D eigenvalue weighted by Crippen LogP contribution is 2.26. The van der Waals surface area contributed by atoms with Crippen LogP contribution in [0.3, 0.4) is 0 Å². The number of rotatable bonds is 4. The number of para-hydroxylation sites is 1. The first-order chi connectivity index (χ1) is 18.5. The molecule has 0 saturated carbocycles. The van der Waals surface area contributed by atoms with Crippen molar-refractivity contribution >= 4 is 34.2 Å². The number of amides is 1. The summed E-state index contributed by atoms with van der Waals surface area (Å²) in [6, 6.07) is 9.17. The standard InChI is InChI=1S/C22H22FN11O2.C2H6/c23-16-13-27-20(33-7-6-28-30-33)18-17(16)15(12-26-18)19(35)21(36)31-8-10-32(11-9-31)22(29-24)34(25)14-4-2-1-3-5-14;1-2/h1-7,12-13,26H,8-11,24-25H2;1-2H3/b29-22-;. The maximum absolute atomic E-state index is 14.7. The first kappa shape index (κ1) is 26.2. The Morgan fingerprint density at radius 3 is 2.42 bits per heavy atom. The molecule has 4 aromatic rings. The Morgan fingerprint density at radius 2 is 1.79 bits per heavy atom. The highest BCUT2D eigenvalue weighted by Gasteiger charge is 2.31. The SMILES string of the molecule is CC.N/N=C(/N1CCN(C(=O)C(=O)c2c[nH]c3c(-n4ccnn4)ncc(F)c23)CC1)N(N)c1ccccc1. The smallest absolute Gasteiger partial charge is 0.295 e. The molecule has 13 nitrogen and oxygen atoms in total. The van der Waals surface area contributed by atoms with Gasteiger partial charge in [-0.15, -0.1) is 10.2 Å². The second kappa shape index (κ2) is 11.5. The van der Waals surface area contributed by atoms with Gasteiger partial charge in [0.1, 0.15) is 0 Å². The molecule has 0 spiro atoms. The number of nitrogens with two attached hydrogens (primary N) is 2. The highest BCUT2D eigenvalue weighted by atomic mass is 19.1. The van der Waals surface area contributed by atoms with Gasteiger partial charge in [0.15, 0.2) is 11.6 Å². The zero-order valence-electron chi connectivity index (χ0n) is 21.0. The van der Waals surface area contributed by atoms with Crippen LogP contribution in [0.2, 0.25) is 0 Å². The van der Waals surface area contributed by atoms with Crippen LogP contribution < -0.4 is 16.7 Å². The van der Waals surface area contributed by atoms with E-state index >= 15 is 0 Å². The number of hydrogen-bond donors (Lipinski definition) is 3. The number of hydrazone groups is 1. The van der Waals surface area contributed by atoms with Crippen LogP contribution in [-0.4, -0.2) is 78.6 Å². The summed E-state index contributed by atoms with van der Waals surface area (Å²) in [5.74, 6) is 10.1. The summed E-state index contributed by atoms with van der Waals surface area (Å²) in [5.41, 5.74) is 0.839. The number of piperazine rings is 1. The van der Waals surface area contributed by atoms with E-state index in [1.54, 1.807) is 0 Å². The molecule has 5 rings (SSSR count). The van der Waals surface area contributed by atoms with Gasteiger partial charge in [-0.25, -0.2) is 24.9 Å². The highest BCUT2D eigenvalue weighted by molar-refractivity contribution is 6.45. The number of aromatic amines is 1. The number of halogens is 1. The molecule has 1 aliphatic rings. The number of nitrogens with one attached hydrogen (secondary N) is 1. The topological polar surface area (TPSA) is 168 Å². The number of nitrogens with zero attached hydrogens (tertiary/aromatic N) is 8. The van der Waals surface area contributed by atoms with E-state index < -0.39 is 17.5 Å². The number of anilines is 1. The fourth-order valence-corrected chi connectivity index (χ4v) is 4.14. The van der Waals surface area contributed by atoms with Crippen LogP contribution in [0.15, 0.2) is 60.2 Å². The van der Waals surface area contributed by atoms with Gasteiger partial charge in [-0.1, -0.05) is 37.3 Å². The van der Waals surface area contributed by atoms with Crippen LogP contribution >= 0.6 is 0 Å². The van der Waals surface area contributed by atoms with E-state index in [4.69, 9.17) is 11.7 Å². The number of carbonyl (C=O) groups excluding carboxylic acids is 2. The number of fused-ring (bicyclic) bond motifs is 1. The third-order valence-electron chi connectivity index (χ3n) is 5.94. The van der Waals surface area contributed by atoms with Crippen LogP contribution in [0.25, 0.3) is 16.7 Å². The number of Topliss-reactive ketones (excluding diaryl/α,β-unsaturated/α-hetero) is 1. The number of hydrazine groups is 1. The van der Waals surface area contributed by atoms with Gasteiger partial charge in [-0.3, -0.25) is 9.59 Å². The number of carbonyl (C=O) groups is 2. The van der Waals surface area contributed by atoms with Gasteiger partial charge in [0.05, 0.1) is 40.7 Å². The third-order valence-corrected chi connectivity index (χ3v) is 5.94. The second-order valence-electron chi connectivity index (χ2n) is 7.97. The van der Waals surface area contributed by atoms with Gasteiger partial charge in [-0.2, -0.15) is 0 Å². The molecular weight excluding hydrogens is 493 g/mol. The lowest BCUT2D eigenvalue weighted by Crippen LogP contribution is -2.57. The van der Waals surface area contributed by atoms with Crippen molar-refractivity contribution in [3.63, 3.8) is 0 Å². The van der Waals surface area contributed by atoms with Crippen LogP contribution in [-0.2, 0) is 4.79 Å². The summed E-state index contributed by atoms with van der Waals surface area (Å²) in [6.07, 6.45) is 5.26. The summed E-state index contributed by atoms with van der Waals surface area (Å²) >= 11 is 0. The summed E-state index contributed by atoms with van der Waals surface area (Å²) < 4.78 is 16.0. The Labute approximate surface area is 217 Å². The molecule has 14 heteroatoms. The average molecular weight is 522 g/mol. The summed E-state index contributed by atoms with van der Waals surface area (Å²) in [4.78, 5) is 36.3. The van der Waals surface area contributed by atoms with Crippen molar-refractivity contribution in [2.75, 3.05) is 31.2 Å². The molecule has 0 atom stereocenters. The van der Waals surface area contributed by atoms with Crippen molar-refractivity contribution in [1.29, 1.82) is 0 Å². The Bertz CT molecular complexity index is 1430. The molecule has 0 unspecified atom stereocenters. The molecule has 1 saturated heterocycles. The van der Waals surface area contributed by atoms with E-state index in [0.29, 0.717) is 24.7 Å². The van der Waals surface area contributed by atoms with Crippen molar-refractivity contribution in [1.82, 2.24) is 34.8 Å². The lowest BCUT2D eigenvalue weighted by molar-refractivity contribution is -0.127. The molecular formula is C24H28FN11O2. The van der Waals surface area contributed by atoms with Gasteiger partial charge in [0.25, 0.3) is 11.7 Å². The molecule has 1 aliphatic heterocycles. The maximum Gasteiger partial charge on any atom is 0.295 e. The molecule has 1 fully saturated rings. The van der Waals surface area contributed by atoms with Crippen LogP contribution in [0.1, 0.15) is 24.2 Å². The van der Waals surface area contributed by atoms with Gasteiger partial charge in [0.2, 0.25) is 5.96 Å². The third kappa shape index (κ3) is 4.88. The Kier molecular flexibility index (Phi) is 7.91. The van der Waals surface area contributed by atoms with Gasteiger partial charge in [0, 0.05) is 32.4 Å². The van der Waals surface area contributed by atoms with Crippen LogP contribution in [0.4, 0.5) is 10.1 Å². The lowest BCUT2D eigenvalue weighted by Gasteiger charge is -2.38. The van der Waals surface area contributed by atoms with Crippen molar-refractivity contribution in [3.05, 3.63) is 66.5 Å². The monoisotopic (exact) mass is 521 g/mol. The lowest BCUT2D eigenvalue weighted by atomic mass is 10.1. The Morgan fingerprint density at radius 1 is 1.11 bits per heavy atom. The first-order valence-corrected chi connectivity index (χ1v) is 12.0. The van der Waals surface area contributed by atoms with Crippen molar-refractivity contribution in [2.45, 2.75) is 13.8 Å². The molecule has 0 radical (unpaired) electrons. The molecule has 0 bridgehead atoms. The largest absolute Gasteiger partial charge is 0.357 e. The van der Waals surface area contributed by atoms with E-state index in [2.05, 4.69) is 25.4 Å². The number of pyridine rings is 1. The summed E-state index contributed by atoms with van der Waals surface area (Å²) in [6.45, 7) is 5.14. The Balaban J connectivity index is 0.00000164. The van der Waals surface area contributed by atoms with Gasteiger partial charge >= 0.3 is 0 Å². The fourth-order valence-electron chi connectivity index (χ4n) is 4.14. The molecule has 198 valence electrons. The second-order valence-corrected chi connectivity index (χ2v) is 7.97. The number of aromatic nitrogens is 5. The van der Waals surface area contributed by atoms with Crippen molar-refractivity contribution in [3.8, 4) is 5.82 Å². The summed E-state index contributed by atoms with van der Waals surface area (Å²) in [7, 11) is 0. The molecule has 5 N–H and O–H groups in total. The fraction of sp³-hybridized carbons (Fsp3) is 0.250.